The molecule has 0 atom stereocenters. The number of hydrogen-bond acceptors (Lipinski definition) is 1. The van der Waals surface area contributed by atoms with E-state index in [-0.39, 0.29) is 0 Å². The summed E-state index contributed by atoms with van der Waals surface area (Å²) >= 11 is 5.48. The first-order valence-electron chi connectivity index (χ1n) is 3.50. The summed E-state index contributed by atoms with van der Waals surface area (Å²) in [5, 5.41) is 2.20. The Morgan fingerprint density at radius 3 is 2.82 bits per heavy atom. The standard InChI is InChI=1S/C9H11S2/c10-6-7-11-8-9-4-2-1-3-5-9/h2-5,8,10-11H,6-7H2. The van der Waals surface area contributed by atoms with Crippen LogP contribution in [0.4, 0.5) is 0 Å². The fraction of sp³-hybridized carbons (Fsp3) is 0.222. The van der Waals surface area contributed by atoms with Crippen molar-refractivity contribution in [2.24, 2.45) is 0 Å². The molecule has 59 valence electrons. The highest BCUT2D eigenvalue weighted by atomic mass is 32.1. The lowest BCUT2D eigenvalue weighted by Crippen LogP contribution is -1.78. The van der Waals surface area contributed by atoms with Crippen LogP contribution in [-0.4, -0.2) is 16.9 Å². The van der Waals surface area contributed by atoms with E-state index in [1.165, 1.54) is 16.9 Å². The van der Waals surface area contributed by atoms with Crippen LogP contribution in [0.3, 0.4) is 0 Å². The second-order valence-electron chi connectivity index (χ2n) is 2.09. The maximum absolute atomic E-state index is 4.13. The van der Waals surface area contributed by atoms with Crippen LogP contribution >= 0.6 is 24.0 Å². The van der Waals surface area contributed by atoms with Crippen LogP contribution in [0.5, 0.6) is 0 Å². The predicted molar refractivity (Wildman–Crippen MR) is 58.2 cm³/mol. The first kappa shape index (κ1) is 8.88. The summed E-state index contributed by atoms with van der Waals surface area (Å²) in [7, 11) is 0. The molecular formula is C9H11S2. The zero-order valence-corrected chi connectivity index (χ0v) is 7.98. The van der Waals surface area contributed by atoms with Crippen LogP contribution in [0.1, 0.15) is 5.56 Å². The van der Waals surface area contributed by atoms with Crippen molar-refractivity contribution in [1.82, 2.24) is 0 Å². The van der Waals surface area contributed by atoms with E-state index in [0.717, 1.165) is 11.5 Å². The Morgan fingerprint density at radius 1 is 1.45 bits per heavy atom. The van der Waals surface area contributed by atoms with Gasteiger partial charge >= 0.3 is 0 Å². The molecule has 11 heavy (non-hydrogen) atoms. The van der Waals surface area contributed by atoms with Gasteiger partial charge in [-0.1, -0.05) is 24.3 Å². The molecule has 0 nitrogen and oxygen atoms in total. The highest BCUT2D eigenvalue weighted by Gasteiger charge is 1.80. The molecule has 0 aromatic heterocycles. The highest BCUT2D eigenvalue weighted by molar-refractivity contribution is 7.98. The fourth-order valence-corrected chi connectivity index (χ4v) is 1.69. The van der Waals surface area contributed by atoms with Gasteiger partial charge in [0.2, 0.25) is 0 Å². The summed E-state index contributed by atoms with van der Waals surface area (Å²) in [4.78, 5) is 0. The third-order valence-corrected chi connectivity index (χ3v) is 2.75. The molecule has 1 radical (unpaired) electrons. The summed E-state index contributed by atoms with van der Waals surface area (Å²) in [6.07, 6.45) is 0. The van der Waals surface area contributed by atoms with Gasteiger partial charge < -0.3 is 0 Å². The average molecular weight is 183 g/mol. The minimum absolute atomic E-state index is 0.955. The molecule has 0 aliphatic rings. The summed E-state index contributed by atoms with van der Waals surface area (Å²) in [5.74, 6) is 2.08. The predicted octanol–water partition coefficient (Wildman–Crippen LogP) is 2.03. The molecule has 1 aromatic rings. The largest absolute Gasteiger partial charge is 0.199 e. The zero-order chi connectivity index (χ0) is 7.94. The van der Waals surface area contributed by atoms with Gasteiger partial charge in [0, 0.05) is 0 Å². The van der Waals surface area contributed by atoms with Crippen LogP contribution in [0.25, 0.3) is 0 Å². The second kappa shape index (κ2) is 5.44. The minimum Gasteiger partial charge on any atom is -0.199 e. The maximum atomic E-state index is 4.13. The Balaban J connectivity index is 2.50. The molecule has 1 rings (SSSR count). The van der Waals surface area contributed by atoms with Gasteiger partial charge in [-0.3, -0.25) is 0 Å². The van der Waals surface area contributed by atoms with E-state index in [4.69, 9.17) is 0 Å². The van der Waals surface area contributed by atoms with E-state index in [2.05, 4.69) is 36.2 Å². The maximum Gasteiger partial charge on any atom is -0.00137 e. The Morgan fingerprint density at radius 2 is 2.18 bits per heavy atom. The van der Waals surface area contributed by atoms with E-state index < -0.39 is 0 Å². The number of hydrogen-bond donors (Lipinski definition) is 2. The topological polar surface area (TPSA) is 0 Å². The molecule has 0 bridgehead atoms. The fourth-order valence-electron chi connectivity index (χ4n) is 0.714. The molecule has 0 spiro atoms. The molecule has 0 unspecified atom stereocenters. The quantitative estimate of drug-likeness (QED) is 0.520. The smallest absolute Gasteiger partial charge is 0.00137 e. The van der Waals surface area contributed by atoms with Crippen LogP contribution in [0, 0.1) is 6.07 Å². The zero-order valence-electron chi connectivity index (χ0n) is 6.20. The van der Waals surface area contributed by atoms with Crippen molar-refractivity contribution >= 4 is 29.3 Å². The van der Waals surface area contributed by atoms with E-state index in [0.29, 0.717) is 0 Å². The lowest BCUT2D eigenvalue weighted by Gasteiger charge is -1.89. The van der Waals surface area contributed by atoms with Crippen molar-refractivity contribution in [3.05, 3.63) is 35.9 Å². The third kappa shape index (κ3) is 3.63. The monoisotopic (exact) mass is 183 g/mol. The summed E-state index contributed by atoms with van der Waals surface area (Å²) in [6, 6.07) is 11.0. The molecule has 0 fully saturated rings. The van der Waals surface area contributed by atoms with Crippen LogP contribution in [0.15, 0.2) is 24.3 Å². The van der Waals surface area contributed by atoms with Gasteiger partial charge in [-0.05, 0) is 28.5 Å². The molecule has 2 heteroatoms. The van der Waals surface area contributed by atoms with Crippen LogP contribution < -0.4 is 0 Å². The van der Waals surface area contributed by atoms with Gasteiger partial charge in [-0.25, -0.2) is 0 Å². The molecule has 0 saturated heterocycles. The first-order chi connectivity index (χ1) is 5.43. The van der Waals surface area contributed by atoms with Crippen molar-refractivity contribution in [3.63, 3.8) is 0 Å². The summed E-state index contributed by atoms with van der Waals surface area (Å²) in [6.45, 7) is 0. The number of thiol groups is 2. The molecule has 0 N–H and O–H groups in total. The molecule has 0 saturated carbocycles. The Labute approximate surface area is 77.0 Å². The highest BCUT2D eigenvalue weighted by Crippen LogP contribution is 1.97. The normalized spacial score (nSPS) is 11.4. The number of rotatable bonds is 3. The Bertz CT molecular complexity index is 216. The summed E-state index contributed by atoms with van der Waals surface area (Å²) in [5.41, 5.74) is 1.27. The van der Waals surface area contributed by atoms with Crippen molar-refractivity contribution < 1.29 is 0 Å². The van der Waals surface area contributed by atoms with Crippen molar-refractivity contribution in [2.45, 2.75) is 0 Å². The van der Waals surface area contributed by atoms with E-state index >= 15 is 0 Å². The van der Waals surface area contributed by atoms with Gasteiger partial charge in [-0.15, -0.1) is 0 Å². The van der Waals surface area contributed by atoms with Crippen LogP contribution in [-0.2, 0) is 0 Å². The van der Waals surface area contributed by atoms with Gasteiger partial charge in [0.1, 0.15) is 0 Å². The molecule has 0 aliphatic heterocycles. The average Bonchev–Trinajstić information content (AvgIpc) is 2.07. The van der Waals surface area contributed by atoms with Crippen molar-refractivity contribution in [3.8, 4) is 0 Å². The molecule has 0 heterocycles. The van der Waals surface area contributed by atoms with Gasteiger partial charge in [0.25, 0.3) is 0 Å². The molecule has 0 aliphatic carbocycles. The van der Waals surface area contributed by atoms with Gasteiger partial charge in [0.15, 0.2) is 0 Å². The summed E-state index contributed by atoms with van der Waals surface area (Å²) < 4.78 is 0. The van der Waals surface area contributed by atoms with Crippen molar-refractivity contribution in [2.75, 3.05) is 11.5 Å². The third-order valence-electron chi connectivity index (χ3n) is 1.21. The van der Waals surface area contributed by atoms with Gasteiger partial charge in [0.05, 0.1) is 0 Å². The molecular weight excluding hydrogens is 172 g/mol. The van der Waals surface area contributed by atoms with E-state index in [1.807, 2.05) is 12.1 Å². The van der Waals surface area contributed by atoms with Gasteiger partial charge in [-0.2, -0.15) is 24.0 Å². The number of benzene rings is 1. The molecule has 1 aromatic carbocycles. The molecule has 0 amide bonds. The van der Waals surface area contributed by atoms with Crippen LogP contribution in [0.2, 0.25) is 0 Å². The lowest BCUT2D eigenvalue weighted by molar-refractivity contribution is 1.58. The first-order valence-corrected chi connectivity index (χ1v) is 5.28. The van der Waals surface area contributed by atoms with E-state index in [1.54, 1.807) is 0 Å². The van der Waals surface area contributed by atoms with Crippen molar-refractivity contribution in [1.29, 1.82) is 0 Å². The second-order valence-corrected chi connectivity index (χ2v) is 3.61. The Hall–Kier alpha value is -0.210. The SMILES string of the molecule is SCC[SH]=Cc1cc[c]cc1. The minimum atomic E-state index is 0.955. The lowest BCUT2D eigenvalue weighted by atomic mass is 10.2. The Kier molecular flexibility index (Phi) is 4.39. The van der Waals surface area contributed by atoms with E-state index in [9.17, 15) is 0 Å².